The number of methoxy groups -OCH3 is 6. The zero-order valence-corrected chi connectivity index (χ0v) is 97.4. The summed E-state index contributed by atoms with van der Waals surface area (Å²) in [6.07, 6.45) is 13.1. The molecule has 3 aliphatic heterocycles. The van der Waals surface area contributed by atoms with Crippen LogP contribution in [0.15, 0.2) is 139 Å². The number of carboxylic acids is 1. The topological polar surface area (TPSA) is 469 Å². The van der Waals surface area contributed by atoms with Gasteiger partial charge in [-0.2, -0.15) is 16.8 Å². The van der Waals surface area contributed by atoms with Crippen LogP contribution in [-0.4, -0.2) is 236 Å². The minimum atomic E-state index is -4.19. The van der Waals surface area contributed by atoms with E-state index >= 15 is 0 Å². The van der Waals surface area contributed by atoms with Crippen molar-refractivity contribution in [2.24, 2.45) is 0 Å². The molecule has 6 aromatic carbocycles. The molecule has 47 heteroatoms. The molecule has 3 aliphatic rings. The Bertz CT molecular complexity index is 5850. The van der Waals surface area contributed by atoms with Gasteiger partial charge in [-0.15, -0.1) is 81.3 Å². The second-order valence-corrected chi connectivity index (χ2v) is 41.1. The van der Waals surface area contributed by atoms with Gasteiger partial charge in [0.15, 0.2) is 11.6 Å². The normalized spacial score (nSPS) is 12.5. The molecule has 0 spiro atoms. The van der Waals surface area contributed by atoms with Crippen LogP contribution in [0.25, 0.3) is 40.3 Å². The summed E-state index contributed by atoms with van der Waals surface area (Å²) in [4.78, 5) is 107. The molecule has 0 saturated carbocycles. The number of thiol groups is 1. The Morgan fingerprint density at radius 1 is 0.479 bits per heavy atom. The fraction of sp³-hybridized carbons (Fsp3) is 0.442. The molecule has 3 saturated heterocycles. The van der Waals surface area contributed by atoms with Gasteiger partial charge in [0.25, 0.3) is 25.6 Å². The number of rotatable bonds is 33. The Labute approximate surface area is 927 Å². The van der Waals surface area contributed by atoms with Gasteiger partial charge in [0.1, 0.15) is 52.2 Å². The number of hydrogen-bond acceptors (Lipinski definition) is 37. The fourth-order valence-corrected chi connectivity index (χ4v) is 20.5. The van der Waals surface area contributed by atoms with E-state index in [9.17, 15) is 55.2 Å². The maximum Gasteiger partial charge on any atom is 1.00 e. The molecule has 0 radical (unpaired) electrons. The molecule has 4 N–H and O–H groups in total. The molecule has 4 aromatic heterocycles. The molecule has 142 heavy (non-hydrogen) atoms. The maximum atomic E-state index is 11.8. The van der Waals surface area contributed by atoms with Crippen molar-refractivity contribution < 1.29 is 214 Å². The average molecular weight is 2330 g/mol. The number of alkyl halides is 1. The molecule has 34 nitrogen and oxygen atoms in total. The number of nitrogens with zero attached hydrogens (tertiary/aromatic N) is 2. The van der Waals surface area contributed by atoms with E-state index in [1.165, 1.54) is 128 Å². The Morgan fingerprint density at radius 3 is 1.20 bits per heavy atom. The summed E-state index contributed by atoms with van der Waals surface area (Å²) in [5.41, 5.74) is 6.12. The Hall–Kier alpha value is -7.18. The summed E-state index contributed by atoms with van der Waals surface area (Å²) in [5.74, 6) is 1.70. The number of carbonyl (C=O) groups is 9. The number of aliphatic carboxylic acids is 1. The number of halogens is 3. The number of thioether (sulfide) groups is 1. The van der Waals surface area contributed by atoms with E-state index in [0.717, 1.165) is 115 Å². The number of carbonyl (C=O) groups excluding carboxylic acids is 8. The third kappa shape index (κ3) is 53.4. The first-order chi connectivity index (χ1) is 67.1. The van der Waals surface area contributed by atoms with Crippen LogP contribution in [0.3, 0.4) is 0 Å². The van der Waals surface area contributed by atoms with Crippen molar-refractivity contribution in [1.29, 1.82) is 0 Å². The van der Waals surface area contributed by atoms with E-state index in [1.54, 1.807) is 102 Å². The molecule has 0 atom stereocenters. The van der Waals surface area contributed by atoms with Gasteiger partial charge in [-0.25, -0.2) is 8.42 Å². The number of benzene rings is 6. The van der Waals surface area contributed by atoms with Crippen LogP contribution in [0.2, 0.25) is 0 Å². The summed E-state index contributed by atoms with van der Waals surface area (Å²) in [6, 6.07) is 32.2. The van der Waals surface area contributed by atoms with E-state index in [-0.39, 0.29) is 153 Å². The Kier molecular flexibility index (Phi) is 67.3. The van der Waals surface area contributed by atoms with Gasteiger partial charge in [-0.1, -0.05) is 31.4 Å². The number of nitrogens with one attached hydrogen (secondary N) is 1. The molecule has 13 rings (SSSR count). The van der Waals surface area contributed by atoms with Gasteiger partial charge in [0.2, 0.25) is 0 Å². The zero-order valence-electron chi connectivity index (χ0n) is 81.4. The van der Waals surface area contributed by atoms with Gasteiger partial charge in [0, 0.05) is 69.5 Å². The minimum absolute atomic E-state index is 0. The number of esters is 5. The molecule has 3 fully saturated rings. The van der Waals surface area contributed by atoms with E-state index in [1.807, 2.05) is 110 Å². The van der Waals surface area contributed by atoms with Crippen LogP contribution in [-0.2, 0) is 139 Å². The summed E-state index contributed by atoms with van der Waals surface area (Å²) < 4.78 is 134. The second-order valence-electron chi connectivity index (χ2n) is 29.7. The van der Waals surface area contributed by atoms with Crippen molar-refractivity contribution in [2.75, 3.05) is 133 Å². The van der Waals surface area contributed by atoms with E-state index < -0.39 is 46.4 Å². The van der Waals surface area contributed by atoms with Crippen LogP contribution < -0.4 is 108 Å². The largest absolute Gasteiger partial charge is 1.00 e. The number of piperidine rings is 3. The predicted molar refractivity (Wildman–Crippen MR) is 553 cm³/mol. The van der Waals surface area contributed by atoms with E-state index in [4.69, 9.17) is 102 Å². The van der Waals surface area contributed by atoms with Gasteiger partial charge >= 0.3 is 114 Å². The first kappa shape index (κ1) is 131. The molecule has 0 aliphatic carbocycles. The molecule has 0 unspecified atom stereocenters. The van der Waals surface area contributed by atoms with Crippen LogP contribution in [0.5, 0.6) is 34.5 Å². The third-order valence-electron chi connectivity index (χ3n) is 19.4. The van der Waals surface area contributed by atoms with Crippen LogP contribution in [0.1, 0.15) is 139 Å². The van der Waals surface area contributed by atoms with E-state index in [2.05, 4.69) is 59.5 Å². The summed E-state index contributed by atoms with van der Waals surface area (Å²) in [5, 5.41) is 32.5. The molecular formula is C95H123Cl3CsN3O31S9. The minimum Gasteiger partial charge on any atom is -0.662 e. The molecule has 0 amide bonds. The molecule has 0 bridgehead atoms. The number of hydrogen-bond donors (Lipinski definition) is 5. The molecular weight excluding hydrogens is 2210 g/mol. The number of likely N-dealkylation sites (tertiary alicyclic amines) is 2. The van der Waals surface area contributed by atoms with Crippen LogP contribution in [0.4, 0.5) is 0 Å². The first-order valence-corrected chi connectivity index (χ1v) is 55.9. The first-order valence-electron chi connectivity index (χ1n) is 44.0. The van der Waals surface area contributed by atoms with Gasteiger partial charge in [-0.05, 0) is 269 Å². The summed E-state index contributed by atoms with van der Waals surface area (Å²) in [7, 11) is 7.42. The van der Waals surface area contributed by atoms with Gasteiger partial charge in [-0.3, -0.25) is 62.1 Å². The van der Waals surface area contributed by atoms with Crippen LogP contribution in [0, 0.1) is 0 Å². The average Bonchev–Trinajstić information content (AvgIpc) is 1.60. The summed E-state index contributed by atoms with van der Waals surface area (Å²) >= 11 is 16.8. The number of carboxylic acid groups (broad SMARTS) is 1. The number of thiophene rings is 4. The molecule has 7 heterocycles. The monoisotopic (exact) mass is 2330 g/mol. The van der Waals surface area contributed by atoms with Crippen molar-refractivity contribution in [3.8, 4) is 34.5 Å². The Morgan fingerprint density at radius 2 is 0.838 bits per heavy atom. The van der Waals surface area contributed by atoms with Gasteiger partial charge in [0.05, 0.1) is 124 Å². The smallest absolute Gasteiger partial charge is 0.662 e. The number of fused-ring (bicyclic) bond motifs is 4. The standard InChI is InChI=1S/C19H25NO3S.C17H21NO3S.C13H13ClO5S2.C13H16O4S.C13H14O3S.C7H8OS.C6H9ClO3.C5H11N.CH4O3S.CH2O3.ClHO3S.Cs/c1-3-23-18(21)11-14-13-24-19-15(14)7-8-17(22-2)16(19)12-20-9-5-4-6-10-20;1-21-15-6-5-13-12(9-16(19)20)11-22-17(13)14(15)10-18-7-3-2-4-8-18;1-3-19-11(15)6-8-7-20-12-9(8)4-5-10(18-2)13(12)21(14,16)17;1-3-17-13(15)7-10(14)9-18-12-6-4-5-11(8-12)16-2;1-3-16-13(14)6-9-8-17-12-7-10(15-2)4-5-11(9)12;1-8-6-3-2-4-7(9)5-6;1-2-10-6(9)3-5(8)4-7;1-2-4-6-5-3-1;1-5(2,3)4;2-1-4-3;1-5(2,3)4;/h7-8,13H,3-6,9-12H2,1-2H3;5-6,11H,2-4,7-10H2,1H3,(H,19,20);4-5,7H,3,6H2,1-2H3;4-6,8H,3,7,9H2,1-2H3;4-5,7-8H,3,6H2,1-2H3;2-5,9H,1H3;2-4H2,1H3;6H,1-5H2;1H3,(H,2,3,4);1,3H;(H,2,3,4);/q;;;;;;;;;;;+1/p-1. The number of ether oxygens (including phenoxy) is 11. The van der Waals surface area contributed by atoms with E-state index in [0.29, 0.717) is 67.8 Å². The van der Waals surface area contributed by atoms with Crippen molar-refractivity contribution in [3.05, 3.63) is 158 Å². The Balaban J connectivity index is 0.000000549. The zero-order chi connectivity index (χ0) is 105. The van der Waals surface area contributed by atoms with Crippen molar-refractivity contribution in [1.82, 2.24) is 15.1 Å². The van der Waals surface area contributed by atoms with Crippen molar-refractivity contribution in [3.63, 3.8) is 0 Å². The van der Waals surface area contributed by atoms with Gasteiger partial charge < -0.3 is 72.7 Å². The number of Topliss-reactive ketones (excluding diaryl/α,β-unsaturated/α-hetero) is 2. The molecule has 780 valence electrons. The van der Waals surface area contributed by atoms with Crippen molar-refractivity contribution >= 4 is 225 Å². The second kappa shape index (κ2) is 73.0. The number of ketones is 2. The maximum absolute atomic E-state index is 11.8. The third-order valence-corrected chi connectivity index (χ3v) is 26.8. The SMILES string of the molecule is C1CCNCC1.CCOC(=O)CC(=O)CCl.CCOC(=O)CC(=O)CSc1cccc(OC)c1.CCOC(=O)Cc1csc2c(CN3CCCCC3)c(OC)ccc12.CCOC(=O)Cc1csc2c(S(=O)(=O)Cl)c(OC)ccc12.CCOC(=O)Cc1csc2cc(OC)ccc12.COc1ccc2c(CC(=O)O)csc2c1CN1CCCCC1.COc1cccc(S)c1.CS(=O)(=O)O.O=CO[O-].O=S(=O)(O)Cl.[Cs+]. The quantitative estimate of drug-likeness (QED) is 0.00218. The predicted octanol–water partition coefficient (Wildman–Crippen LogP) is 14.3. The fourth-order valence-electron chi connectivity index (χ4n) is 13.4. The van der Waals surface area contributed by atoms with Crippen molar-refractivity contribution in [2.45, 2.75) is 159 Å². The summed E-state index contributed by atoms with van der Waals surface area (Å²) in [6.45, 7) is 19.2. The van der Waals surface area contributed by atoms with Crippen LogP contribution >= 0.6 is 103 Å². The molecule has 10 aromatic rings.